The van der Waals surface area contributed by atoms with E-state index < -0.39 is 0 Å². The monoisotopic (exact) mass is 323 g/mol. The summed E-state index contributed by atoms with van der Waals surface area (Å²) < 4.78 is 6.95. The number of halogens is 2. The first-order valence-electron chi connectivity index (χ1n) is 3.30. The minimum absolute atomic E-state index is 0.0779. The van der Waals surface area contributed by atoms with Crippen molar-refractivity contribution in [1.82, 2.24) is 0 Å². The maximum absolute atomic E-state index is 3.57. The van der Waals surface area contributed by atoms with Crippen molar-refractivity contribution in [2.75, 3.05) is 3.53 Å². The molecule has 1 N–H and O–H groups in total. The summed E-state index contributed by atoms with van der Waals surface area (Å²) in [4.78, 5) is 0. The highest BCUT2D eigenvalue weighted by Gasteiger charge is 2.09. The van der Waals surface area contributed by atoms with Crippen LogP contribution >= 0.6 is 36.9 Å². The third-order valence-electron chi connectivity index (χ3n) is 1.69. The summed E-state index contributed by atoms with van der Waals surface area (Å²) >= 11 is 3.64. The zero-order valence-electron chi connectivity index (χ0n) is 5.99. The lowest BCUT2D eigenvalue weighted by Gasteiger charge is -2.04. The normalized spacial score (nSPS) is 13.6. The van der Waals surface area contributed by atoms with Crippen LogP contribution in [0.5, 0.6) is 0 Å². The minimum atomic E-state index is 0.0779. The standard InChI is InChI=1S/C8H7BrIN/c1-5-2-3-6-4-10-11-8(6)7(5)9/h2-4,11H,1H3. The molecule has 0 spiro atoms. The molecule has 0 bridgehead atoms. The van der Waals surface area contributed by atoms with Gasteiger partial charge in [-0.25, -0.2) is 0 Å². The summed E-state index contributed by atoms with van der Waals surface area (Å²) in [7, 11) is 0. The average Bonchev–Trinajstić information content (AvgIpc) is 2.45. The number of aryl methyl sites for hydroxylation is 1. The summed E-state index contributed by atoms with van der Waals surface area (Å²) in [5.74, 6) is 0. The van der Waals surface area contributed by atoms with E-state index in [0.29, 0.717) is 0 Å². The van der Waals surface area contributed by atoms with Crippen LogP contribution in [-0.4, -0.2) is 4.01 Å². The highest BCUT2D eigenvalue weighted by atomic mass is 127. The predicted molar refractivity (Wildman–Crippen MR) is 61.7 cm³/mol. The van der Waals surface area contributed by atoms with Gasteiger partial charge >= 0.3 is 0 Å². The summed E-state index contributed by atoms with van der Waals surface area (Å²) in [5.41, 5.74) is 3.95. The van der Waals surface area contributed by atoms with Gasteiger partial charge in [0, 0.05) is 10.0 Å². The second-order valence-electron chi connectivity index (χ2n) is 2.47. The van der Waals surface area contributed by atoms with Gasteiger partial charge in [0.1, 0.15) is 0 Å². The van der Waals surface area contributed by atoms with Gasteiger partial charge in [-0.3, -0.25) is 0 Å². The molecule has 2 rings (SSSR count). The van der Waals surface area contributed by atoms with E-state index in [0.717, 1.165) is 0 Å². The van der Waals surface area contributed by atoms with Gasteiger partial charge in [0.15, 0.2) is 0 Å². The fraction of sp³-hybridized carbons (Fsp3) is 0.125. The van der Waals surface area contributed by atoms with Crippen molar-refractivity contribution < 1.29 is 0 Å². The van der Waals surface area contributed by atoms with Gasteiger partial charge in [-0.2, -0.15) is 0 Å². The molecule has 3 heteroatoms. The van der Waals surface area contributed by atoms with Gasteiger partial charge in [-0.15, -0.1) is 0 Å². The number of fused-ring (bicyclic) bond motifs is 1. The molecule has 0 aromatic heterocycles. The second-order valence-corrected chi connectivity index (χ2v) is 5.05. The summed E-state index contributed by atoms with van der Waals surface area (Å²) in [6, 6.07) is 4.32. The third kappa shape index (κ3) is 1.24. The molecule has 0 saturated carbocycles. The van der Waals surface area contributed by atoms with E-state index >= 15 is 0 Å². The van der Waals surface area contributed by atoms with Gasteiger partial charge in [-0.1, -0.05) is 12.1 Å². The Morgan fingerprint density at radius 3 is 3.09 bits per heavy atom. The Morgan fingerprint density at radius 2 is 2.27 bits per heavy atom. The molecular weight excluding hydrogens is 317 g/mol. The van der Waals surface area contributed by atoms with E-state index in [1.165, 1.54) is 21.3 Å². The van der Waals surface area contributed by atoms with E-state index in [-0.39, 0.29) is 21.0 Å². The predicted octanol–water partition coefficient (Wildman–Crippen LogP) is 3.22. The maximum atomic E-state index is 3.57. The molecule has 0 aliphatic carbocycles. The van der Waals surface area contributed by atoms with Crippen LogP contribution in [0.25, 0.3) is 0 Å². The quantitative estimate of drug-likeness (QED) is 0.571. The zero-order chi connectivity index (χ0) is 7.84. The number of hydrogen-bond acceptors (Lipinski definition) is 1. The van der Waals surface area contributed by atoms with Crippen molar-refractivity contribution in [3.8, 4) is 0 Å². The lowest BCUT2D eigenvalue weighted by atomic mass is 10.1. The average molecular weight is 324 g/mol. The number of hydrogen-bond donors (Lipinski definition) is 1. The zero-order valence-corrected chi connectivity index (χ0v) is 9.73. The first-order valence-corrected chi connectivity index (χ1v) is 6.41. The lowest BCUT2D eigenvalue weighted by Crippen LogP contribution is -1.86. The van der Waals surface area contributed by atoms with Crippen LogP contribution in [0.15, 0.2) is 16.6 Å². The second kappa shape index (κ2) is 2.86. The van der Waals surface area contributed by atoms with Crippen LogP contribution < -0.4 is 3.53 Å². The molecule has 1 heterocycles. The van der Waals surface area contributed by atoms with Crippen LogP contribution in [0.2, 0.25) is 0 Å². The summed E-state index contributed by atoms with van der Waals surface area (Å²) in [6.07, 6.45) is 0. The van der Waals surface area contributed by atoms with Crippen molar-refractivity contribution in [1.29, 1.82) is 0 Å². The fourth-order valence-electron chi connectivity index (χ4n) is 1.02. The Labute approximate surface area is 84.4 Å². The Bertz CT molecular complexity index is 333. The van der Waals surface area contributed by atoms with Gasteiger partial charge in [-0.05, 0) is 53.4 Å². The molecule has 0 atom stereocenters. The Balaban J connectivity index is 2.67. The topological polar surface area (TPSA) is 12.0 Å². The maximum Gasteiger partial charge on any atom is 0.0649 e. The van der Waals surface area contributed by atoms with Gasteiger partial charge in [0.2, 0.25) is 0 Å². The SMILES string of the molecule is Cc1ccc2c(c1Br)NI=C2. The molecule has 0 unspecified atom stereocenters. The van der Waals surface area contributed by atoms with Gasteiger partial charge < -0.3 is 3.53 Å². The Kier molecular flexibility index (Phi) is 2.01. The van der Waals surface area contributed by atoms with Crippen molar-refractivity contribution in [3.63, 3.8) is 0 Å². The van der Waals surface area contributed by atoms with Crippen LogP contribution in [0, 0.1) is 6.92 Å². The summed E-state index contributed by atoms with van der Waals surface area (Å²) in [5, 5.41) is 0. The minimum Gasteiger partial charge on any atom is -0.332 e. The molecular formula is C8H7BrIN. The molecule has 1 aromatic rings. The number of benzene rings is 1. The van der Waals surface area contributed by atoms with Crippen molar-refractivity contribution >= 4 is 46.6 Å². The van der Waals surface area contributed by atoms with Gasteiger partial charge in [0.05, 0.1) is 5.69 Å². The molecule has 1 aliphatic heterocycles. The molecule has 0 radical (unpaired) electrons. The summed E-state index contributed by atoms with van der Waals surface area (Å²) in [6.45, 7) is 2.11. The fourth-order valence-corrected chi connectivity index (χ4v) is 3.76. The van der Waals surface area contributed by atoms with Crippen molar-refractivity contribution in [3.05, 3.63) is 27.7 Å². The van der Waals surface area contributed by atoms with E-state index in [2.05, 4.69) is 42.5 Å². The van der Waals surface area contributed by atoms with Gasteiger partial charge in [0.25, 0.3) is 0 Å². The van der Waals surface area contributed by atoms with Crippen molar-refractivity contribution in [2.24, 2.45) is 0 Å². The molecule has 58 valence electrons. The number of nitrogens with one attached hydrogen (secondary N) is 1. The molecule has 1 nitrogen and oxygen atoms in total. The molecule has 1 aliphatic rings. The Morgan fingerprint density at radius 1 is 1.45 bits per heavy atom. The highest BCUT2D eigenvalue weighted by Crippen LogP contribution is 2.34. The van der Waals surface area contributed by atoms with Crippen molar-refractivity contribution in [2.45, 2.75) is 6.92 Å². The Hall–Kier alpha value is 0.100. The highest BCUT2D eigenvalue weighted by molar-refractivity contribution is 14.2. The van der Waals surface area contributed by atoms with E-state index in [1.54, 1.807) is 0 Å². The number of anilines is 1. The van der Waals surface area contributed by atoms with Crippen LogP contribution in [0.3, 0.4) is 0 Å². The van der Waals surface area contributed by atoms with E-state index in [9.17, 15) is 0 Å². The largest absolute Gasteiger partial charge is 0.332 e. The van der Waals surface area contributed by atoms with E-state index in [4.69, 9.17) is 0 Å². The third-order valence-corrected chi connectivity index (χ3v) is 4.54. The van der Waals surface area contributed by atoms with E-state index in [1.807, 2.05) is 0 Å². The lowest BCUT2D eigenvalue weighted by molar-refractivity contribution is 1.43. The smallest absolute Gasteiger partial charge is 0.0649 e. The molecule has 1 aromatic carbocycles. The van der Waals surface area contributed by atoms with Crippen LogP contribution in [0.4, 0.5) is 5.69 Å². The van der Waals surface area contributed by atoms with Crippen LogP contribution in [0.1, 0.15) is 11.1 Å². The van der Waals surface area contributed by atoms with Crippen LogP contribution in [-0.2, 0) is 0 Å². The first-order chi connectivity index (χ1) is 5.29. The number of rotatable bonds is 0. The molecule has 0 fully saturated rings. The molecule has 0 amide bonds. The molecule has 11 heavy (non-hydrogen) atoms. The first kappa shape index (κ1) is 7.73. The molecule has 0 saturated heterocycles.